The predicted molar refractivity (Wildman–Crippen MR) is 130 cm³/mol. The van der Waals surface area contributed by atoms with Crippen molar-refractivity contribution in [3.05, 3.63) is 65.1 Å². The van der Waals surface area contributed by atoms with Gasteiger partial charge in [0.15, 0.2) is 0 Å². The van der Waals surface area contributed by atoms with Crippen LogP contribution in [0.1, 0.15) is 24.0 Å². The number of halogens is 1. The van der Waals surface area contributed by atoms with Gasteiger partial charge in [-0.25, -0.2) is 0 Å². The lowest BCUT2D eigenvalue weighted by atomic mass is 10.1. The third-order valence-electron chi connectivity index (χ3n) is 5.29. The average Bonchev–Trinajstić information content (AvgIpc) is 3.52. The zero-order valence-electron chi connectivity index (χ0n) is 18.7. The van der Waals surface area contributed by atoms with Crippen LogP contribution in [0.4, 0.5) is 0 Å². The lowest BCUT2D eigenvalue weighted by Crippen LogP contribution is -2.15. The summed E-state index contributed by atoms with van der Waals surface area (Å²) in [7, 11) is 0. The molecule has 4 aromatic rings. The molecule has 0 atom stereocenters. The van der Waals surface area contributed by atoms with Crippen molar-refractivity contribution in [3.8, 4) is 22.9 Å². The van der Waals surface area contributed by atoms with E-state index in [-0.39, 0.29) is 0 Å². The highest BCUT2D eigenvalue weighted by atomic mass is 35.5. The molecule has 2 heterocycles. The number of hydrogen-bond donors (Lipinski definition) is 2. The van der Waals surface area contributed by atoms with Crippen molar-refractivity contribution in [2.75, 3.05) is 26.4 Å². The summed E-state index contributed by atoms with van der Waals surface area (Å²) in [5, 5.41) is 24.7. The molecular weight excluding hydrogens is 454 g/mol. The van der Waals surface area contributed by atoms with Crippen LogP contribution in [0.3, 0.4) is 0 Å². The van der Waals surface area contributed by atoms with Crippen LogP contribution >= 0.6 is 11.6 Å². The molecule has 8 nitrogen and oxygen atoms in total. The Morgan fingerprint density at radius 1 is 1.03 bits per heavy atom. The molecule has 9 heteroatoms. The van der Waals surface area contributed by atoms with Crippen LogP contribution < -0.4 is 10.1 Å². The molecule has 2 aromatic carbocycles. The van der Waals surface area contributed by atoms with E-state index in [4.69, 9.17) is 30.9 Å². The number of fused-ring (bicyclic) bond motifs is 1. The smallest absolute Gasteiger partial charge is 0.131 e. The van der Waals surface area contributed by atoms with Crippen LogP contribution in [0.25, 0.3) is 22.0 Å². The fourth-order valence-electron chi connectivity index (χ4n) is 3.66. The minimum Gasteiger partial charge on any atom is -0.490 e. The molecule has 0 fully saturated rings. The van der Waals surface area contributed by atoms with Gasteiger partial charge in [0, 0.05) is 23.7 Å². The molecule has 2 N–H and O–H groups in total. The van der Waals surface area contributed by atoms with Crippen LogP contribution in [-0.4, -0.2) is 41.7 Å². The molecule has 176 valence electrons. The van der Waals surface area contributed by atoms with Crippen molar-refractivity contribution >= 4 is 22.5 Å². The highest BCUT2D eigenvalue weighted by molar-refractivity contribution is 6.30. The van der Waals surface area contributed by atoms with E-state index in [1.807, 2.05) is 30.3 Å². The highest BCUT2D eigenvalue weighted by Crippen LogP contribution is 2.31. The minimum atomic E-state index is 0.370. The SMILES string of the molecule is N#CCc1cc(Cl)cc(CNCCCCOCCOc2cc(-c3cnoc3)cc3[nH]ncc23)c1. The molecule has 0 bridgehead atoms. The van der Waals surface area contributed by atoms with Crippen molar-refractivity contribution in [2.45, 2.75) is 25.8 Å². The first-order valence-corrected chi connectivity index (χ1v) is 11.5. The van der Waals surface area contributed by atoms with E-state index in [2.05, 4.69) is 26.7 Å². The number of nitrogens with zero attached hydrogens (tertiary/aromatic N) is 3. The Bertz CT molecular complexity index is 1230. The van der Waals surface area contributed by atoms with E-state index in [1.165, 1.54) is 0 Å². The van der Waals surface area contributed by atoms with Crippen molar-refractivity contribution in [3.63, 3.8) is 0 Å². The minimum absolute atomic E-state index is 0.370. The van der Waals surface area contributed by atoms with Gasteiger partial charge in [-0.05, 0) is 60.3 Å². The number of benzene rings is 2. The lowest BCUT2D eigenvalue weighted by Gasteiger charge is -2.10. The van der Waals surface area contributed by atoms with Gasteiger partial charge in [-0.1, -0.05) is 22.8 Å². The van der Waals surface area contributed by atoms with Crippen LogP contribution in [0, 0.1) is 11.3 Å². The fourth-order valence-corrected chi connectivity index (χ4v) is 3.94. The number of unbranched alkanes of at least 4 members (excludes halogenated alkanes) is 1. The molecular formula is C25H26ClN5O3. The number of ether oxygens (including phenoxy) is 2. The van der Waals surface area contributed by atoms with Crippen LogP contribution in [-0.2, 0) is 17.7 Å². The van der Waals surface area contributed by atoms with E-state index in [0.29, 0.717) is 31.3 Å². The Morgan fingerprint density at radius 3 is 2.79 bits per heavy atom. The Labute approximate surface area is 202 Å². The number of H-pyrrole nitrogens is 1. The zero-order valence-corrected chi connectivity index (χ0v) is 19.5. The van der Waals surface area contributed by atoms with Crippen LogP contribution in [0.5, 0.6) is 5.75 Å². The van der Waals surface area contributed by atoms with Crippen LogP contribution in [0.15, 0.2) is 53.5 Å². The highest BCUT2D eigenvalue weighted by Gasteiger charge is 2.10. The van der Waals surface area contributed by atoms with E-state index < -0.39 is 0 Å². The Balaban J connectivity index is 1.12. The van der Waals surface area contributed by atoms with Gasteiger partial charge in [0.1, 0.15) is 18.6 Å². The van der Waals surface area contributed by atoms with Gasteiger partial charge in [-0.2, -0.15) is 10.4 Å². The summed E-state index contributed by atoms with van der Waals surface area (Å²) in [5.74, 6) is 0.745. The summed E-state index contributed by atoms with van der Waals surface area (Å²) in [6.07, 6.45) is 7.35. The molecule has 0 unspecified atom stereocenters. The summed E-state index contributed by atoms with van der Waals surface area (Å²) in [6.45, 7) is 3.24. The molecule has 0 radical (unpaired) electrons. The first-order chi connectivity index (χ1) is 16.7. The fraction of sp³-hybridized carbons (Fsp3) is 0.320. The second kappa shape index (κ2) is 12.2. The molecule has 0 aliphatic carbocycles. The van der Waals surface area contributed by atoms with Crippen molar-refractivity contribution < 1.29 is 14.0 Å². The topological polar surface area (TPSA) is 109 Å². The third kappa shape index (κ3) is 6.58. The summed E-state index contributed by atoms with van der Waals surface area (Å²) in [6, 6.07) is 11.9. The van der Waals surface area contributed by atoms with Gasteiger partial charge in [-0.3, -0.25) is 5.10 Å². The van der Waals surface area contributed by atoms with Crippen molar-refractivity contribution in [1.82, 2.24) is 20.7 Å². The molecule has 0 aliphatic rings. The summed E-state index contributed by atoms with van der Waals surface area (Å²) in [4.78, 5) is 0. The standard InChI is InChI=1S/C25H26ClN5O3/c26-22-10-18(3-4-27)9-19(11-22)14-28-5-1-2-6-32-7-8-33-25-13-20(21-15-30-34-17-21)12-24-23(25)16-29-31-24/h9-13,15-17,28H,1-3,5-8,14H2,(H,29,31). The normalized spacial score (nSPS) is 11.1. The Kier molecular flexibility index (Phi) is 8.52. The quantitative estimate of drug-likeness (QED) is 0.262. The maximum absolute atomic E-state index is 8.85. The molecule has 34 heavy (non-hydrogen) atoms. The molecule has 2 aromatic heterocycles. The molecule has 0 aliphatic heterocycles. The van der Waals surface area contributed by atoms with Gasteiger partial charge in [0.25, 0.3) is 0 Å². The van der Waals surface area contributed by atoms with Gasteiger partial charge >= 0.3 is 0 Å². The Hall–Kier alpha value is -3.38. The Morgan fingerprint density at radius 2 is 1.94 bits per heavy atom. The second-order valence-electron chi connectivity index (χ2n) is 7.87. The maximum Gasteiger partial charge on any atom is 0.131 e. The van der Waals surface area contributed by atoms with E-state index in [1.54, 1.807) is 18.7 Å². The van der Waals surface area contributed by atoms with Crippen molar-refractivity contribution in [1.29, 1.82) is 5.26 Å². The number of hydrogen-bond acceptors (Lipinski definition) is 7. The maximum atomic E-state index is 8.85. The number of nitrogens with one attached hydrogen (secondary N) is 2. The van der Waals surface area contributed by atoms with E-state index >= 15 is 0 Å². The largest absolute Gasteiger partial charge is 0.490 e. The third-order valence-corrected chi connectivity index (χ3v) is 5.51. The molecule has 0 saturated heterocycles. The number of rotatable bonds is 13. The lowest BCUT2D eigenvalue weighted by molar-refractivity contribution is 0.0979. The summed E-state index contributed by atoms with van der Waals surface area (Å²) in [5.41, 5.74) is 4.75. The molecule has 4 rings (SSSR count). The van der Waals surface area contributed by atoms with Crippen molar-refractivity contribution in [2.24, 2.45) is 0 Å². The van der Waals surface area contributed by atoms with Gasteiger partial charge in [0.05, 0.1) is 42.4 Å². The van der Waals surface area contributed by atoms with Gasteiger partial charge in [-0.15, -0.1) is 0 Å². The van der Waals surface area contributed by atoms with Gasteiger partial charge in [0.2, 0.25) is 0 Å². The number of aromatic amines is 1. The number of aromatic nitrogens is 3. The zero-order chi connectivity index (χ0) is 23.6. The number of nitriles is 1. The second-order valence-corrected chi connectivity index (χ2v) is 8.30. The first-order valence-electron chi connectivity index (χ1n) is 11.2. The molecule has 0 amide bonds. The van der Waals surface area contributed by atoms with Gasteiger partial charge < -0.3 is 19.3 Å². The molecule has 0 saturated carbocycles. The van der Waals surface area contributed by atoms with E-state index in [9.17, 15) is 0 Å². The summed E-state index contributed by atoms with van der Waals surface area (Å²) >= 11 is 6.13. The average molecular weight is 480 g/mol. The predicted octanol–water partition coefficient (Wildman–Crippen LogP) is 4.90. The van der Waals surface area contributed by atoms with E-state index in [0.717, 1.165) is 64.8 Å². The summed E-state index contributed by atoms with van der Waals surface area (Å²) < 4.78 is 16.6. The monoisotopic (exact) mass is 479 g/mol. The van der Waals surface area contributed by atoms with Crippen LogP contribution in [0.2, 0.25) is 5.02 Å². The molecule has 0 spiro atoms. The first kappa shape index (κ1) is 23.8.